The van der Waals surface area contributed by atoms with Crippen molar-refractivity contribution in [2.45, 2.75) is 33.6 Å². The van der Waals surface area contributed by atoms with Gasteiger partial charge < -0.3 is 5.32 Å². The quantitative estimate of drug-likeness (QED) is 0.933. The molecular weight excluding hydrogens is 288 g/mol. The molecule has 1 atom stereocenters. The Balaban J connectivity index is 2.44. The summed E-state index contributed by atoms with van der Waals surface area (Å²) >= 11 is 0. The number of Topliss-reactive ketones (excluding diaryl/α,β-unsaturated/α-hetero) is 1. The third-order valence-corrected chi connectivity index (χ3v) is 4.40. The number of nitrogens with zero attached hydrogens (tertiary/aromatic N) is 1. The Morgan fingerprint density at radius 3 is 2.57 bits per heavy atom. The predicted molar refractivity (Wildman–Crippen MR) is 88.7 cm³/mol. The molecule has 0 aliphatic heterocycles. The van der Waals surface area contributed by atoms with Crippen LogP contribution in [0.3, 0.4) is 0 Å². The van der Waals surface area contributed by atoms with E-state index in [9.17, 15) is 14.9 Å². The van der Waals surface area contributed by atoms with Crippen LogP contribution in [0.25, 0.3) is 0 Å². The van der Waals surface area contributed by atoms with Crippen molar-refractivity contribution in [1.82, 2.24) is 5.32 Å². The molecule has 1 amide bonds. The van der Waals surface area contributed by atoms with Gasteiger partial charge in [0.2, 0.25) is 0 Å². The number of hydrogen-bond acceptors (Lipinski definition) is 3. The molecule has 1 aliphatic rings. The zero-order valence-corrected chi connectivity index (χ0v) is 14.1. The fraction of sp³-hybridized carbons (Fsp3) is 0.421. The molecule has 1 aromatic carbocycles. The van der Waals surface area contributed by atoms with Crippen molar-refractivity contribution in [2.75, 3.05) is 7.05 Å². The lowest BCUT2D eigenvalue weighted by Gasteiger charge is -2.39. The van der Waals surface area contributed by atoms with Crippen LogP contribution in [0.5, 0.6) is 0 Å². The van der Waals surface area contributed by atoms with Gasteiger partial charge in [0.1, 0.15) is 6.07 Å². The van der Waals surface area contributed by atoms with E-state index in [0.717, 1.165) is 5.56 Å². The first-order valence-corrected chi connectivity index (χ1v) is 7.70. The van der Waals surface area contributed by atoms with Crippen LogP contribution in [0.2, 0.25) is 0 Å². The van der Waals surface area contributed by atoms with Crippen molar-refractivity contribution in [3.63, 3.8) is 0 Å². The van der Waals surface area contributed by atoms with Crippen LogP contribution in [-0.2, 0) is 11.2 Å². The number of ketones is 1. The Bertz CT molecular complexity index is 725. The molecule has 0 heterocycles. The smallest absolute Gasteiger partial charge is 0.251 e. The summed E-state index contributed by atoms with van der Waals surface area (Å²) in [7, 11) is 1.61. The van der Waals surface area contributed by atoms with Crippen LogP contribution in [0, 0.1) is 22.2 Å². The minimum Gasteiger partial charge on any atom is -0.355 e. The van der Waals surface area contributed by atoms with Crippen LogP contribution in [0.15, 0.2) is 35.9 Å². The lowest BCUT2D eigenvalue weighted by atomic mass is 9.63. The molecule has 0 aromatic heterocycles. The van der Waals surface area contributed by atoms with Crippen LogP contribution < -0.4 is 5.32 Å². The van der Waals surface area contributed by atoms with Crippen molar-refractivity contribution in [3.05, 3.63) is 47.0 Å². The normalized spacial score (nSPS) is 22.9. The average Bonchev–Trinajstić information content (AvgIpc) is 2.50. The monoisotopic (exact) mass is 310 g/mol. The second kappa shape index (κ2) is 6.00. The summed E-state index contributed by atoms with van der Waals surface area (Å²) in [5.74, 6) is -0.225. The number of carbonyl (C=O) groups is 2. The van der Waals surface area contributed by atoms with Crippen molar-refractivity contribution in [2.24, 2.45) is 10.8 Å². The zero-order chi connectivity index (χ0) is 17.3. The molecular formula is C19H22N2O2. The van der Waals surface area contributed by atoms with E-state index in [0.29, 0.717) is 18.4 Å². The van der Waals surface area contributed by atoms with E-state index < -0.39 is 5.41 Å². The lowest BCUT2D eigenvalue weighted by Crippen LogP contribution is -2.38. The second-order valence-corrected chi connectivity index (χ2v) is 7.13. The summed E-state index contributed by atoms with van der Waals surface area (Å²) < 4.78 is 0. The Morgan fingerprint density at radius 1 is 1.30 bits per heavy atom. The van der Waals surface area contributed by atoms with E-state index in [2.05, 4.69) is 5.32 Å². The number of rotatable bonds is 3. The minimum atomic E-state index is -0.573. The topological polar surface area (TPSA) is 70.0 Å². The Hall–Kier alpha value is -2.41. The summed E-state index contributed by atoms with van der Waals surface area (Å²) in [6, 6.07) is 9.49. The molecule has 4 nitrogen and oxygen atoms in total. The van der Waals surface area contributed by atoms with Gasteiger partial charge in [-0.1, -0.05) is 45.0 Å². The number of hydrogen-bond donors (Lipinski definition) is 1. The van der Waals surface area contributed by atoms with E-state index in [1.165, 1.54) is 0 Å². The zero-order valence-electron chi connectivity index (χ0n) is 14.1. The highest BCUT2D eigenvalue weighted by atomic mass is 16.1. The van der Waals surface area contributed by atoms with Crippen LogP contribution >= 0.6 is 0 Å². The first-order chi connectivity index (χ1) is 10.7. The molecule has 23 heavy (non-hydrogen) atoms. The van der Waals surface area contributed by atoms with Gasteiger partial charge in [0, 0.05) is 18.0 Å². The van der Waals surface area contributed by atoms with Crippen molar-refractivity contribution < 1.29 is 9.59 Å². The van der Waals surface area contributed by atoms with Gasteiger partial charge in [-0.15, -0.1) is 0 Å². The number of benzene rings is 1. The molecule has 120 valence electrons. The summed E-state index contributed by atoms with van der Waals surface area (Å²) in [6.45, 7) is 5.80. The van der Waals surface area contributed by atoms with Crippen molar-refractivity contribution >= 4 is 11.7 Å². The van der Waals surface area contributed by atoms with E-state index in [1.54, 1.807) is 19.2 Å². The highest BCUT2D eigenvalue weighted by Gasteiger charge is 2.42. The maximum Gasteiger partial charge on any atom is 0.251 e. The summed E-state index contributed by atoms with van der Waals surface area (Å²) in [6.07, 6.45) is 3.03. The van der Waals surface area contributed by atoms with Crippen LogP contribution in [0.4, 0.5) is 0 Å². The maximum absolute atomic E-state index is 12.3. The van der Waals surface area contributed by atoms with E-state index in [-0.39, 0.29) is 22.7 Å². The molecule has 1 aromatic rings. The highest BCUT2D eigenvalue weighted by Crippen LogP contribution is 2.44. The van der Waals surface area contributed by atoms with Gasteiger partial charge in [-0.2, -0.15) is 5.26 Å². The first kappa shape index (κ1) is 17.0. The third kappa shape index (κ3) is 3.34. The largest absolute Gasteiger partial charge is 0.355 e. The summed E-state index contributed by atoms with van der Waals surface area (Å²) in [4.78, 5) is 24.3. The van der Waals surface area contributed by atoms with Crippen molar-refractivity contribution in [1.29, 1.82) is 5.26 Å². The first-order valence-electron chi connectivity index (χ1n) is 7.70. The molecule has 2 rings (SSSR count). The fourth-order valence-electron chi connectivity index (χ4n) is 3.58. The Morgan fingerprint density at radius 2 is 1.96 bits per heavy atom. The third-order valence-electron chi connectivity index (χ3n) is 4.40. The van der Waals surface area contributed by atoms with E-state index in [1.807, 2.05) is 45.0 Å². The molecule has 0 saturated heterocycles. The molecule has 0 spiro atoms. The lowest BCUT2D eigenvalue weighted by molar-refractivity contribution is -0.125. The van der Waals surface area contributed by atoms with Gasteiger partial charge in [0.25, 0.3) is 5.91 Å². The van der Waals surface area contributed by atoms with Crippen molar-refractivity contribution in [3.8, 4) is 6.07 Å². The molecule has 0 fully saturated rings. The van der Waals surface area contributed by atoms with Gasteiger partial charge in [-0.05, 0) is 29.9 Å². The van der Waals surface area contributed by atoms with E-state index >= 15 is 0 Å². The molecule has 0 saturated carbocycles. The molecule has 1 unspecified atom stereocenters. The number of carbonyl (C=O) groups excluding carboxylic acids is 2. The second-order valence-electron chi connectivity index (χ2n) is 7.13. The molecule has 0 radical (unpaired) electrons. The summed E-state index contributed by atoms with van der Waals surface area (Å²) in [5.41, 5.74) is 0.871. The minimum absolute atomic E-state index is 0.0999. The van der Waals surface area contributed by atoms with Gasteiger partial charge in [-0.25, -0.2) is 0 Å². The van der Waals surface area contributed by atoms with Gasteiger partial charge in [0.05, 0.1) is 5.57 Å². The predicted octanol–water partition coefficient (Wildman–Crippen LogP) is 3.04. The Labute approximate surface area is 137 Å². The molecule has 4 heteroatoms. The van der Waals surface area contributed by atoms with Gasteiger partial charge in [-0.3, -0.25) is 9.59 Å². The maximum atomic E-state index is 12.3. The van der Waals surface area contributed by atoms with Gasteiger partial charge >= 0.3 is 0 Å². The average molecular weight is 310 g/mol. The van der Waals surface area contributed by atoms with E-state index in [4.69, 9.17) is 0 Å². The molecule has 0 bridgehead atoms. The number of allylic oxidation sites excluding steroid dienone is 2. The number of nitrogens with one attached hydrogen (secondary N) is 1. The Kier molecular flexibility index (Phi) is 4.42. The fourth-order valence-corrected chi connectivity index (χ4v) is 3.58. The standard InChI is InChI=1S/C19H22N2O2/c1-18(2)12-19(3,10-14(11-20)16(18)22)9-13-7-5-6-8-15(13)17(23)21-4/h5-8,10H,9,12H2,1-4H3,(H,21,23). The molecule has 1 aliphatic carbocycles. The highest BCUT2D eigenvalue weighted by molar-refractivity contribution is 6.03. The summed E-state index contributed by atoms with van der Waals surface area (Å²) in [5, 5.41) is 11.9. The molecule has 1 N–H and O–H groups in total. The van der Waals surface area contributed by atoms with Gasteiger partial charge in [0.15, 0.2) is 5.78 Å². The van der Waals surface area contributed by atoms with Crippen LogP contribution in [0.1, 0.15) is 43.1 Å². The SMILES string of the molecule is CNC(=O)c1ccccc1CC1(C)C=C(C#N)C(=O)C(C)(C)C1. The number of amides is 1. The van der Waals surface area contributed by atoms with Crippen LogP contribution in [-0.4, -0.2) is 18.7 Å². The number of nitriles is 1.